The maximum absolute atomic E-state index is 5.11. The number of hydrogen-bond donors (Lipinski definition) is 2. The molecule has 1 fully saturated rings. The number of ether oxygens (including phenoxy) is 1. The van der Waals surface area contributed by atoms with Gasteiger partial charge in [0.05, 0.1) is 0 Å². The van der Waals surface area contributed by atoms with Gasteiger partial charge >= 0.3 is 0 Å². The summed E-state index contributed by atoms with van der Waals surface area (Å²) in [7, 11) is 5.73. The van der Waals surface area contributed by atoms with E-state index in [0.29, 0.717) is 0 Å². The van der Waals surface area contributed by atoms with E-state index in [-0.39, 0.29) is 24.0 Å². The standard InChI is InChI=1S/C22H39N5O.HI/c1-23-22(24-12-16-26(2)13-9-17-28-3)25-18-20-10-5-6-11-21(20)19-27-14-7-4-8-15-27;/h5-6,10-11H,4,7-9,12-19H2,1-3H3,(H2,23,24,25);1H. The molecule has 1 aromatic carbocycles. The molecule has 2 rings (SSSR count). The van der Waals surface area contributed by atoms with E-state index in [4.69, 9.17) is 4.74 Å². The molecule has 0 radical (unpaired) electrons. The van der Waals surface area contributed by atoms with Crippen LogP contribution in [0.5, 0.6) is 0 Å². The topological polar surface area (TPSA) is 52.1 Å². The van der Waals surface area contributed by atoms with Crippen molar-refractivity contribution in [3.63, 3.8) is 0 Å². The fraction of sp³-hybridized carbons (Fsp3) is 0.682. The van der Waals surface area contributed by atoms with Crippen LogP contribution in [0.1, 0.15) is 36.8 Å². The van der Waals surface area contributed by atoms with Gasteiger partial charge in [0, 0.05) is 53.5 Å². The fourth-order valence-electron chi connectivity index (χ4n) is 3.60. The second-order valence-corrected chi connectivity index (χ2v) is 7.61. The number of guanidine groups is 1. The van der Waals surface area contributed by atoms with Gasteiger partial charge in [-0.3, -0.25) is 9.89 Å². The van der Waals surface area contributed by atoms with Crippen LogP contribution >= 0.6 is 24.0 Å². The van der Waals surface area contributed by atoms with Crippen molar-refractivity contribution in [3.05, 3.63) is 35.4 Å². The van der Waals surface area contributed by atoms with Crippen molar-refractivity contribution in [2.75, 3.05) is 60.5 Å². The first-order valence-electron chi connectivity index (χ1n) is 10.6. The fourth-order valence-corrected chi connectivity index (χ4v) is 3.60. The predicted molar refractivity (Wildman–Crippen MR) is 133 cm³/mol. The molecule has 0 unspecified atom stereocenters. The van der Waals surface area contributed by atoms with E-state index in [9.17, 15) is 0 Å². The minimum Gasteiger partial charge on any atom is -0.385 e. The van der Waals surface area contributed by atoms with E-state index in [1.807, 2.05) is 7.05 Å². The molecule has 0 spiro atoms. The van der Waals surface area contributed by atoms with Crippen LogP contribution in [0.15, 0.2) is 29.3 Å². The van der Waals surface area contributed by atoms with Crippen LogP contribution in [0.2, 0.25) is 0 Å². The summed E-state index contributed by atoms with van der Waals surface area (Å²) in [6.45, 7) is 8.02. The Morgan fingerprint density at radius 1 is 1.10 bits per heavy atom. The molecular weight excluding hydrogens is 477 g/mol. The number of halogens is 1. The zero-order chi connectivity index (χ0) is 20.0. The maximum atomic E-state index is 5.11. The highest BCUT2D eigenvalue weighted by atomic mass is 127. The van der Waals surface area contributed by atoms with E-state index >= 15 is 0 Å². The third kappa shape index (κ3) is 10.6. The van der Waals surface area contributed by atoms with Crippen molar-refractivity contribution >= 4 is 29.9 Å². The Hall–Kier alpha value is -0.900. The molecule has 6 nitrogen and oxygen atoms in total. The van der Waals surface area contributed by atoms with Gasteiger partial charge < -0.3 is 20.3 Å². The van der Waals surface area contributed by atoms with Crippen molar-refractivity contribution in [2.24, 2.45) is 4.99 Å². The maximum Gasteiger partial charge on any atom is 0.191 e. The van der Waals surface area contributed by atoms with Crippen molar-refractivity contribution in [1.29, 1.82) is 0 Å². The largest absolute Gasteiger partial charge is 0.385 e. The number of aliphatic imine (C=N–C) groups is 1. The normalized spacial score (nSPS) is 15.2. The Balaban J connectivity index is 0.00000420. The van der Waals surface area contributed by atoms with Gasteiger partial charge in [0.2, 0.25) is 0 Å². The smallest absolute Gasteiger partial charge is 0.191 e. The first-order valence-corrected chi connectivity index (χ1v) is 10.6. The van der Waals surface area contributed by atoms with E-state index in [1.54, 1.807) is 7.11 Å². The number of nitrogens with zero attached hydrogens (tertiary/aromatic N) is 3. The van der Waals surface area contributed by atoms with Crippen molar-refractivity contribution in [1.82, 2.24) is 20.4 Å². The molecule has 0 bridgehead atoms. The average molecular weight is 518 g/mol. The highest BCUT2D eigenvalue weighted by Crippen LogP contribution is 2.16. The molecule has 1 aromatic rings. The molecule has 1 saturated heterocycles. The van der Waals surface area contributed by atoms with Gasteiger partial charge in [0.1, 0.15) is 0 Å². The van der Waals surface area contributed by atoms with Crippen LogP contribution in [-0.2, 0) is 17.8 Å². The quantitative estimate of drug-likeness (QED) is 0.205. The first kappa shape index (κ1) is 26.1. The molecular formula is C22H40IN5O. The summed E-state index contributed by atoms with van der Waals surface area (Å²) < 4.78 is 5.11. The molecule has 29 heavy (non-hydrogen) atoms. The van der Waals surface area contributed by atoms with Crippen LogP contribution in [0.25, 0.3) is 0 Å². The number of nitrogens with one attached hydrogen (secondary N) is 2. The SMILES string of the molecule is CN=C(NCCN(C)CCCOC)NCc1ccccc1CN1CCCCC1.I. The molecule has 166 valence electrons. The van der Waals surface area contributed by atoms with Gasteiger partial charge in [0.25, 0.3) is 0 Å². The molecule has 0 saturated carbocycles. The summed E-state index contributed by atoms with van der Waals surface area (Å²) in [5, 5.41) is 6.89. The van der Waals surface area contributed by atoms with Crippen LogP contribution in [0, 0.1) is 0 Å². The Labute approximate surface area is 194 Å². The second kappa shape index (κ2) is 15.9. The zero-order valence-corrected chi connectivity index (χ0v) is 20.8. The van der Waals surface area contributed by atoms with Crippen molar-refractivity contribution in [3.8, 4) is 0 Å². The van der Waals surface area contributed by atoms with Crippen molar-refractivity contribution in [2.45, 2.75) is 38.8 Å². The highest BCUT2D eigenvalue weighted by molar-refractivity contribution is 14.0. The van der Waals surface area contributed by atoms with Gasteiger partial charge in [-0.25, -0.2) is 0 Å². The minimum absolute atomic E-state index is 0. The number of likely N-dealkylation sites (N-methyl/N-ethyl adjacent to an activating group) is 1. The molecule has 0 aromatic heterocycles. The number of likely N-dealkylation sites (tertiary alicyclic amines) is 1. The molecule has 0 amide bonds. The molecule has 1 aliphatic rings. The molecule has 1 heterocycles. The Kier molecular flexibility index (Phi) is 14.3. The summed E-state index contributed by atoms with van der Waals surface area (Å²) in [6, 6.07) is 8.76. The second-order valence-electron chi connectivity index (χ2n) is 7.61. The summed E-state index contributed by atoms with van der Waals surface area (Å²) in [6.07, 6.45) is 5.10. The minimum atomic E-state index is 0. The number of rotatable bonds is 11. The molecule has 7 heteroatoms. The summed E-state index contributed by atoms with van der Waals surface area (Å²) in [5.41, 5.74) is 2.78. The monoisotopic (exact) mass is 517 g/mol. The van der Waals surface area contributed by atoms with E-state index < -0.39 is 0 Å². The first-order chi connectivity index (χ1) is 13.7. The lowest BCUT2D eigenvalue weighted by Crippen LogP contribution is -2.41. The average Bonchev–Trinajstić information content (AvgIpc) is 2.72. The van der Waals surface area contributed by atoms with Crippen LogP contribution in [-0.4, -0.2) is 76.3 Å². The van der Waals surface area contributed by atoms with Gasteiger partial charge in [-0.05, 0) is 50.5 Å². The Morgan fingerprint density at radius 2 is 1.83 bits per heavy atom. The Morgan fingerprint density at radius 3 is 2.52 bits per heavy atom. The number of methoxy groups -OCH3 is 1. The summed E-state index contributed by atoms with van der Waals surface area (Å²) in [5.74, 6) is 0.859. The zero-order valence-electron chi connectivity index (χ0n) is 18.5. The highest BCUT2D eigenvalue weighted by Gasteiger charge is 2.12. The predicted octanol–water partition coefficient (Wildman–Crippen LogP) is 2.92. The summed E-state index contributed by atoms with van der Waals surface area (Å²) >= 11 is 0. The lowest BCUT2D eigenvalue weighted by Gasteiger charge is -2.27. The molecule has 0 aliphatic carbocycles. The number of benzene rings is 1. The number of hydrogen-bond acceptors (Lipinski definition) is 4. The van der Waals surface area contributed by atoms with Crippen molar-refractivity contribution < 1.29 is 4.74 Å². The van der Waals surface area contributed by atoms with E-state index in [2.05, 4.69) is 56.7 Å². The molecule has 0 atom stereocenters. The van der Waals surface area contributed by atoms with Crippen LogP contribution < -0.4 is 10.6 Å². The summed E-state index contributed by atoms with van der Waals surface area (Å²) in [4.78, 5) is 9.26. The van der Waals surface area contributed by atoms with E-state index in [0.717, 1.165) is 51.7 Å². The van der Waals surface area contributed by atoms with Gasteiger partial charge in [-0.1, -0.05) is 30.7 Å². The third-order valence-corrected chi connectivity index (χ3v) is 5.31. The lowest BCUT2D eigenvalue weighted by molar-refractivity contribution is 0.180. The van der Waals surface area contributed by atoms with Gasteiger partial charge in [-0.15, -0.1) is 24.0 Å². The van der Waals surface area contributed by atoms with E-state index in [1.165, 1.54) is 43.5 Å². The molecule has 2 N–H and O–H groups in total. The molecule has 1 aliphatic heterocycles. The lowest BCUT2D eigenvalue weighted by atomic mass is 10.0. The number of piperidine rings is 1. The van der Waals surface area contributed by atoms with Crippen LogP contribution in [0.4, 0.5) is 0 Å². The Bertz CT molecular complexity index is 578. The third-order valence-electron chi connectivity index (χ3n) is 5.31. The van der Waals surface area contributed by atoms with Crippen LogP contribution in [0.3, 0.4) is 0 Å². The van der Waals surface area contributed by atoms with Gasteiger partial charge in [-0.2, -0.15) is 0 Å². The van der Waals surface area contributed by atoms with Gasteiger partial charge in [0.15, 0.2) is 5.96 Å².